The Kier molecular flexibility index (Phi) is 4.53. The third-order valence-corrected chi connectivity index (χ3v) is 5.45. The van der Waals surface area contributed by atoms with Crippen molar-refractivity contribution in [1.29, 1.82) is 0 Å². The molecule has 7 heteroatoms. The number of furan rings is 1. The number of halogens is 1. The summed E-state index contributed by atoms with van der Waals surface area (Å²) in [5.74, 6) is 0.662. The predicted molar refractivity (Wildman–Crippen MR) is 101 cm³/mol. The maximum Gasteiger partial charge on any atom is 0.247 e. The fourth-order valence-corrected chi connectivity index (χ4v) is 3.76. The van der Waals surface area contributed by atoms with Crippen molar-refractivity contribution in [3.05, 3.63) is 81.2 Å². The van der Waals surface area contributed by atoms with Crippen molar-refractivity contribution >= 4 is 34.5 Å². The maximum absolute atomic E-state index is 12.9. The summed E-state index contributed by atoms with van der Waals surface area (Å²) in [5.41, 5.74) is 7.67. The Balaban J connectivity index is 1.62. The largest absolute Gasteiger partial charge is 0.467 e. The van der Waals surface area contributed by atoms with Gasteiger partial charge in [-0.2, -0.15) is 0 Å². The molecule has 0 aliphatic carbocycles. The van der Waals surface area contributed by atoms with Gasteiger partial charge in [0, 0.05) is 9.90 Å². The van der Waals surface area contributed by atoms with Crippen molar-refractivity contribution in [2.45, 2.75) is 19.4 Å². The molecular formula is C19H16ClN3O2S. The van der Waals surface area contributed by atoms with Crippen molar-refractivity contribution in [2.75, 3.05) is 0 Å². The number of nitrogens with zero attached hydrogens (tertiary/aromatic N) is 2. The number of nitrogens with one attached hydrogen (secondary N) is 1. The monoisotopic (exact) mass is 385 g/mol. The van der Waals surface area contributed by atoms with Gasteiger partial charge in [0.05, 0.1) is 29.6 Å². The van der Waals surface area contributed by atoms with Gasteiger partial charge in [-0.3, -0.25) is 10.2 Å². The van der Waals surface area contributed by atoms with Crippen LogP contribution in [0.2, 0.25) is 5.02 Å². The second-order valence-corrected chi connectivity index (χ2v) is 7.34. The molecule has 1 N–H and O–H groups in total. The zero-order valence-corrected chi connectivity index (χ0v) is 15.6. The van der Waals surface area contributed by atoms with E-state index in [1.165, 1.54) is 11.3 Å². The molecule has 1 unspecified atom stereocenters. The van der Waals surface area contributed by atoms with Crippen molar-refractivity contribution < 1.29 is 9.21 Å². The van der Waals surface area contributed by atoms with Crippen LogP contribution in [0.3, 0.4) is 0 Å². The molecule has 0 saturated carbocycles. The van der Waals surface area contributed by atoms with Gasteiger partial charge in [0.2, 0.25) is 5.91 Å². The highest BCUT2D eigenvalue weighted by molar-refractivity contribution is 7.09. The van der Waals surface area contributed by atoms with Gasteiger partial charge < -0.3 is 4.42 Å². The Morgan fingerprint density at radius 3 is 2.81 bits per heavy atom. The van der Waals surface area contributed by atoms with Gasteiger partial charge in [-0.1, -0.05) is 23.7 Å². The first-order chi connectivity index (χ1) is 12.6. The summed E-state index contributed by atoms with van der Waals surface area (Å²) in [6.07, 6.45) is 3.89. The summed E-state index contributed by atoms with van der Waals surface area (Å²) < 4.78 is 5.55. The topological polar surface area (TPSA) is 58.4 Å². The molecule has 2 aromatic heterocycles. The van der Waals surface area contributed by atoms with E-state index in [2.05, 4.69) is 10.4 Å². The van der Waals surface area contributed by atoms with Crippen LogP contribution < -0.4 is 5.43 Å². The van der Waals surface area contributed by atoms with Crippen LogP contribution in [0.5, 0.6) is 0 Å². The molecule has 3 aromatic rings. The predicted octanol–water partition coefficient (Wildman–Crippen LogP) is 4.37. The lowest BCUT2D eigenvalue weighted by Gasteiger charge is -2.24. The van der Waals surface area contributed by atoms with Crippen LogP contribution in [0.25, 0.3) is 5.70 Å². The standard InChI is InChI=1S/C19H16ClN3O2S/c1-12-18(26-11-21-12)10-19(24)23-16(17-3-2-8-25-17)9-15(22-23)13-4-6-14(20)7-5-13/h2-9,11,16,22H,10H2,1H3. The molecule has 0 spiro atoms. The Hall–Kier alpha value is -2.57. The molecule has 1 amide bonds. The fourth-order valence-electron chi connectivity index (χ4n) is 2.86. The maximum atomic E-state index is 12.9. The lowest BCUT2D eigenvalue weighted by Crippen LogP contribution is -2.40. The van der Waals surface area contributed by atoms with Gasteiger partial charge in [0.25, 0.3) is 0 Å². The molecular weight excluding hydrogens is 370 g/mol. The molecule has 132 valence electrons. The second kappa shape index (κ2) is 6.97. The number of carbonyl (C=O) groups excluding carboxylic acids is 1. The number of hydrogen-bond donors (Lipinski definition) is 1. The molecule has 3 heterocycles. The van der Waals surface area contributed by atoms with E-state index in [4.69, 9.17) is 16.0 Å². The average Bonchev–Trinajstić information content (AvgIpc) is 3.36. The number of thiazole rings is 1. The van der Waals surface area contributed by atoms with Gasteiger partial charge in [0.1, 0.15) is 11.8 Å². The van der Waals surface area contributed by atoms with E-state index >= 15 is 0 Å². The van der Waals surface area contributed by atoms with Gasteiger partial charge >= 0.3 is 0 Å². The van der Waals surface area contributed by atoms with Gasteiger partial charge in [0.15, 0.2) is 0 Å². The van der Waals surface area contributed by atoms with E-state index in [1.54, 1.807) is 16.8 Å². The van der Waals surface area contributed by atoms with Crippen molar-refractivity contribution in [3.63, 3.8) is 0 Å². The van der Waals surface area contributed by atoms with Crippen molar-refractivity contribution in [2.24, 2.45) is 0 Å². The molecule has 1 aromatic carbocycles. The van der Waals surface area contributed by atoms with Gasteiger partial charge in [-0.25, -0.2) is 9.99 Å². The van der Waals surface area contributed by atoms with Crippen molar-refractivity contribution in [1.82, 2.24) is 15.4 Å². The second-order valence-electron chi connectivity index (χ2n) is 5.96. The van der Waals surface area contributed by atoms with Crippen LogP contribution in [0.4, 0.5) is 0 Å². The van der Waals surface area contributed by atoms with E-state index in [1.807, 2.05) is 49.4 Å². The summed E-state index contributed by atoms with van der Waals surface area (Å²) in [4.78, 5) is 18.1. The summed E-state index contributed by atoms with van der Waals surface area (Å²) in [7, 11) is 0. The van der Waals surface area contributed by atoms with E-state index in [9.17, 15) is 4.79 Å². The van der Waals surface area contributed by atoms with Crippen LogP contribution >= 0.6 is 22.9 Å². The first kappa shape index (κ1) is 16.9. The average molecular weight is 386 g/mol. The smallest absolute Gasteiger partial charge is 0.247 e. The first-order valence-electron chi connectivity index (χ1n) is 8.10. The molecule has 4 rings (SSSR count). The number of amides is 1. The molecule has 0 saturated heterocycles. The highest BCUT2D eigenvalue weighted by atomic mass is 35.5. The molecule has 1 aliphatic heterocycles. The summed E-state index contributed by atoms with van der Waals surface area (Å²) >= 11 is 7.47. The fraction of sp³-hybridized carbons (Fsp3) is 0.158. The Morgan fingerprint density at radius 1 is 1.35 bits per heavy atom. The minimum Gasteiger partial charge on any atom is -0.467 e. The first-order valence-corrected chi connectivity index (χ1v) is 9.36. The quantitative estimate of drug-likeness (QED) is 0.724. The molecule has 1 aliphatic rings. The Morgan fingerprint density at radius 2 is 2.15 bits per heavy atom. The van der Waals surface area contributed by atoms with E-state index in [-0.39, 0.29) is 11.9 Å². The van der Waals surface area contributed by atoms with Crippen LogP contribution in [0.1, 0.15) is 27.9 Å². The zero-order valence-electron chi connectivity index (χ0n) is 14.0. The Labute approximate surface area is 159 Å². The third kappa shape index (κ3) is 3.25. The van der Waals surface area contributed by atoms with Gasteiger partial charge in [-0.15, -0.1) is 11.3 Å². The number of carbonyl (C=O) groups is 1. The number of rotatable bonds is 4. The number of benzene rings is 1. The van der Waals surface area contributed by atoms with Crippen molar-refractivity contribution in [3.8, 4) is 0 Å². The summed E-state index contributed by atoms with van der Waals surface area (Å²) in [6.45, 7) is 1.91. The number of hydrogen-bond acceptors (Lipinski definition) is 5. The molecule has 26 heavy (non-hydrogen) atoms. The molecule has 5 nitrogen and oxygen atoms in total. The summed E-state index contributed by atoms with van der Waals surface area (Å²) in [5, 5.41) is 2.28. The number of aryl methyl sites for hydroxylation is 1. The number of hydrazine groups is 1. The normalized spacial score (nSPS) is 16.5. The minimum atomic E-state index is -0.309. The lowest BCUT2D eigenvalue weighted by atomic mass is 10.1. The van der Waals surface area contributed by atoms with Crippen LogP contribution in [0.15, 0.2) is 58.7 Å². The molecule has 0 radical (unpaired) electrons. The van der Waals surface area contributed by atoms with E-state index in [0.29, 0.717) is 17.2 Å². The Bertz CT molecular complexity index is 948. The highest BCUT2D eigenvalue weighted by Crippen LogP contribution is 2.32. The lowest BCUT2D eigenvalue weighted by molar-refractivity contribution is -0.134. The minimum absolute atomic E-state index is 0.0426. The third-order valence-electron chi connectivity index (χ3n) is 4.26. The SMILES string of the molecule is Cc1ncsc1CC(=O)N1NC(c2ccc(Cl)cc2)=CC1c1ccco1. The molecule has 0 bridgehead atoms. The highest BCUT2D eigenvalue weighted by Gasteiger charge is 2.32. The van der Waals surface area contributed by atoms with Crippen LogP contribution in [0, 0.1) is 6.92 Å². The number of aromatic nitrogens is 1. The zero-order chi connectivity index (χ0) is 18.1. The van der Waals surface area contributed by atoms with E-state index in [0.717, 1.165) is 21.8 Å². The summed E-state index contributed by atoms with van der Waals surface area (Å²) in [6, 6.07) is 10.9. The van der Waals surface area contributed by atoms with Crippen LogP contribution in [-0.2, 0) is 11.2 Å². The van der Waals surface area contributed by atoms with Crippen LogP contribution in [-0.4, -0.2) is 15.9 Å². The van der Waals surface area contributed by atoms with Gasteiger partial charge in [-0.05, 0) is 42.8 Å². The molecule has 1 atom stereocenters. The van der Waals surface area contributed by atoms with E-state index < -0.39 is 0 Å². The molecule has 0 fully saturated rings.